The van der Waals surface area contributed by atoms with Gasteiger partial charge >= 0.3 is 0 Å². The number of hydrogen-bond donors (Lipinski definition) is 2. The third kappa shape index (κ3) is 4.21. The molecular formula is C24H27N5O3. The number of hydrogen-bond acceptors (Lipinski definition) is 4. The molecule has 1 aliphatic heterocycles. The van der Waals surface area contributed by atoms with Gasteiger partial charge in [-0.3, -0.25) is 14.4 Å². The van der Waals surface area contributed by atoms with Gasteiger partial charge in [-0.15, -0.1) is 0 Å². The molecule has 2 heterocycles. The molecule has 0 radical (unpaired) electrons. The number of primary amides is 1. The van der Waals surface area contributed by atoms with E-state index < -0.39 is 11.8 Å². The summed E-state index contributed by atoms with van der Waals surface area (Å²) in [6, 6.07) is 13.6. The number of benzene rings is 2. The molecule has 1 fully saturated rings. The molecule has 8 heteroatoms. The van der Waals surface area contributed by atoms with Crippen molar-refractivity contribution in [1.29, 1.82) is 0 Å². The van der Waals surface area contributed by atoms with Crippen molar-refractivity contribution < 1.29 is 14.4 Å². The molecule has 0 aliphatic carbocycles. The fraction of sp³-hybridized carbons (Fsp3) is 0.333. The van der Waals surface area contributed by atoms with Crippen LogP contribution in [0.25, 0.3) is 11.0 Å². The first-order valence-corrected chi connectivity index (χ1v) is 10.6. The molecule has 2 atom stereocenters. The van der Waals surface area contributed by atoms with Gasteiger partial charge in [0.15, 0.2) is 5.82 Å². The molecule has 32 heavy (non-hydrogen) atoms. The van der Waals surface area contributed by atoms with Crippen molar-refractivity contribution in [3.8, 4) is 0 Å². The topological polar surface area (TPSA) is 112 Å². The van der Waals surface area contributed by atoms with Crippen molar-refractivity contribution in [2.75, 3.05) is 20.1 Å². The number of carbonyl (C=O) groups is 3. The molecule has 3 N–H and O–H groups in total. The van der Waals surface area contributed by atoms with Crippen LogP contribution >= 0.6 is 0 Å². The van der Waals surface area contributed by atoms with Crippen LogP contribution < -0.4 is 5.73 Å². The smallest absolute Gasteiger partial charge is 0.289 e. The number of nitrogens with zero attached hydrogens (tertiary/aromatic N) is 3. The Morgan fingerprint density at radius 3 is 2.53 bits per heavy atom. The van der Waals surface area contributed by atoms with E-state index in [0.29, 0.717) is 25.5 Å². The van der Waals surface area contributed by atoms with Crippen molar-refractivity contribution in [3.63, 3.8) is 0 Å². The summed E-state index contributed by atoms with van der Waals surface area (Å²) < 4.78 is 0. The minimum atomic E-state index is -0.397. The molecule has 0 bridgehead atoms. The van der Waals surface area contributed by atoms with Gasteiger partial charge in [0, 0.05) is 39.5 Å². The Morgan fingerprint density at radius 1 is 1.16 bits per heavy atom. The first-order chi connectivity index (χ1) is 15.2. The van der Waals surface area contributed by atoms with E-state index >= 15 is 0 Å². The Bertz CT molecular complexity index is 1180. The molecule has 0 saturated carbocycles. The lowest BCUT2D eigenvalue weighted by atomic mass is 9.88. The van der Waals surface area contributed by atoms with Crippen molar-refractivity contribution in [2.24, 2.45) is 11.7 Å². The number of nitrogens with two attached hydrogens (primary N) is 1. The van der Waals surface area contributed by atoms with Crippen molar-refractivity contribution >= 4 is 28.8 Å². The molecule has 1 saturated heterocycles. The standard InChI is InChI=1S/C24H27N5O3/c1-14-4-9-20-21(10-14)27-23(26-20)24(32)28(3)11-16-5-7-17(8-6-16)18-12-29(15(2)30)13-19(18)22(25)31/h4-10,18-19H,11-13H2,1-3H3,(H2,25,31)(H,26,27)/t18-,19+/m1/s1. The zero-order valence-electron chi connectivity index (χ0n) is 18.5. The van der Waals surface area contributed by atoms with Crippen LogP contribution in [0, 0.1) is 12.8 Å². The SMILES string of the molecule is CC(=O)N1C[C@H](C(N)=O)[C@@H](c2ccc(CN(C)C(=O)c3nc4ccc(C)cc4[nH]3)cc2)C1. The number of amides is 3. The Kier molecular flexibility index (Phi) is 5.69. The van der Waals surface area contributed by atoms with E-state index in [1.165, 1.54) is 6.92 Å². The Morgan fingerprint density at radius 2 is 1.88 bits per heavy atom. The van der Waals surface area contributed by atoms with Crippen molar-refractivity contribution in [3.05, 3.63) is 65.0 Å². The minimum absolute atomic E-state index is 0.0590. The lowest BCUT2D eigenvalue weighted by Crippen LogP contribution is -2.30. The fourth-order valence-electron chi connectivity index (χ4n) is 4.31. The highest BCUT2D eigenvalue weighted by Gasteiger charge is 2.38. The average molecular weight is 434 g/mol. The summed E-state index contributed by atoms with van der Waals surface area (Å²) in [7, 11) is 1.74. The monoisotopic (exact) mass is 433 g/mol. The zero-order chi connectivity index (χ0) is 23.0. The molecule has 2 aromatic carbocycles. The largest absolute Gasteiger partial charge is 0.369 e. The summed E-state index contributed by atoms with van der Waals surface area (Å²) in [5.41, 5.74) is 10.2. The number of aryl methyl sites for hydroxylation is 1. The third-order valence-electron chi connectivity index (χ3n) is 6.14. The molecule has 3 aromatic rings. The summed E-state index contributed by atoms with van der Waals surface area (Å²) in [5, 5.41) is 0. The van der Waals surface area contributed by atoms with Crippen molar-refractivity contribution in [2.45, 2.75) is 26.3 Å². The van der Waals surface area contributed by atoms with Gasteiger partial charge in [-0.25, -0.2) is 4.98 Å². The van der Waals surface area contributed by atoms with Gasteiger partial charge in [-0.05, 0) is 35.7 Å². The Hall–Kier alpha value is -3.68. The summed E-state index contributed by atoms with van der Waals surface area (Å²) in [6.45, 7) is 4.74. The van der Waals surface area contributed by atoms with E-state index in [4.69, 9.17) is 5.73 Å². The fourth-order valence-corrected chi connectivity index (χ4v) is 4.31. The van der Waals surface area contributed by atoms with Crippen LogP contribution in [0.1, 0.15) is 40.2 Å². The first-order valence-electron chi connectivity index (χ1n) is 10.6. The maximum Gasteiger partial charge on any atom is 0.289 e. The second-order valence-corrected chi connectivity index (χ2v) is 8.55. The molecule has 4 rings (SSSR count). The maximum atomic E-state index is 12.8. The van der Waals surface area contributed by atoms with Gasteiger partial charge in [-0.2, -0.15) is 0 Å². The lowest BCUT2D eigenvalue weighted by molar-refractivity contribution is -0.128. The third-order valence-corrected chi connectivity index (χ3v) is 6.14. The summed E-state index contributed by atoms with van der Waals surface area (Å²) in [4.78, 5) is 47.3. The van der Waals surface area contributed by atoms with Crippen LogP contribution in [-0.4, -0.2) is 57.6 Å². The molecule has 1 aromatic heterocycles. The quantitative estimate of drug-likeness (QED) is 0.642. The summed E-state index contributed by atoms with van der Waals surface area (Å²) in [5.74, 6) is -0.853. The number of rotatable bonds is 5. The molecule has 0 spiro atoms. The number of aromatic nitrogens is 2. The normalized spacial score (nSPS) is 18.2. The van der Waals surface area contributed by atoms with Gasteiger partial charge in [-0.1, -0.05) is 30.3 Å². The van der Waals surface area contributed by atoms with E-state index in [9.17, 15) is 14.4 Å². The number of fused-ring (bicyclic) bond motifs is 1. The van der Waals surface area contributed by atoms with Gasteiger partial charge in [0.1, 0.15) is 0 Å². The van der Waals surface area contributed by atoms with E-state index in [2.05, 4.69) is 9.97 Å². The molecule has 1 aliphatic rings. The number of nitrogens with one attached hydrogen (secondary N) is 1. The minimum Gasteiger partial charge on any atom is -0.369 e. The molecule has 0 unspecified atom stereocenters. The number of aromatic amines is 1. The average Bonchev–Trinajstić information content (AvgIpc) is 3.38. The van der Waals surface area contributed by atoms with Crippen LogP contribution in [0.15, 0.2) is 42.5 Å². The van der Waals surface area contributed by atoms with E-state index in [0.717, 1.165) is 27.7 Å². The Labute approximate surface area is 186 Å². The second-order valence-electron chi connectivity index (χ2n) is 8.55. The zero-order valence-corrected chi connectivity index (χ0v) is 18.5. The van der Waals surface area contributed by atoms with Crippen molar-refractivity contribution in [1.82, 2.24) is 19.8 Å². The highest BCUT2D eigenvalue weighted by atomic mass is 16.2. The predicted molar refractivity (Wildman–Crippen MR) is 121 cm³/mol. The van der Waals surface area contributed by atoms with E-state index in [-0.39, 0.29) is 17.7 Å². The van der Waals surface area contributed by atoms with E-state index in [1.54, 1.807) is 16.8 Å². The van der Waals surface area contributed by atoms with Crippen LogP contribution in [0.2, 0.25) is 0 Å². The molecule has 8 nitrogen and oxygen atoms in total. The number of imidazole rings is 1. The highest BCUT2D eigenvalue weighted by Crippen LogP contribution is 2.33. The maximum absolute atomic E-state index is 12.8. The van der Waals surface area contributed by atoms with Gasteiger partial charge in [0.25, 0.3) is 5.91 Å². The molecular weight excluding hydrogens is 406 g/mol. The second kappa shape index (κ2) is 8.45. The molecule has 3 amide bonds. The van der Waals surface area contributed by atoms with E-state index in [1.807, 2.05) is 49.4 Å². The lowest BCUT2D eigenvalue weighted by Gasteiger charge is -2.18. The summed E-state index contributed by atoms with van der Waals surface area (Å²) in [6.07, 6.45) is 0. The number of carbonyl (C=O) groups excluding carboxylic acids is 3. The Balaban J connectivity index is 1.46. The van der Waals surface area contributed by atoms with Gasteiger partial charge < -0.3 is 20.5 Å². The van der Waals surface area contributed by atoms with Crippen LogP contribution in [0.4, 0.5) is 0 Å². The van der Waals surface area contributed by atoms with Crippen LogP contribution in [-0.2, 0) is 16.1 Å². The van der Waals surface area contributed by atoms with Gasteiger partial charge in [0.2, 0.25) is 11.8 Å². The molecule has 166 valence electrons. The predicted octanol–water partition coefficient (Wildman–Crippen LogP) is 2.19. The number of likely N-dealkylation sites (tertiary alicyclic amines) is 1. The van der Waals surface area contributed by atoms with Gasteiger partial charge in [0.05, 0.1) is 17.0 Å². The van der Waals surface area contributed by atoms with Crippen LogP contribution in [0.3, 0.4) is 0 Å². The number of H-pyrrole nitrogens is 1. The summed E-state index contributed by atoms with van der Waals surface area (Å²) >= 11 is 0. The highest BCUT2D eigenvalue weighted by molar-refractivity contribution is 5.94. The van der Waals surface area contributed by atoms with Crippen LogP contribution in [0.5, 0.6) is 0 Å². The first kappa shape index (κ1) is 21.5.